The molecule has 0 saturated heterocycles. The first-order valence-electron chi connectivity index (χ1n) is 5.66. The summed E-state index contributed by atoms with van der Waals surface area (Å²) in [4.78, 5) is 10.4. The normalized spacial score (nSPS) is 34.9. The Labute approximate surface area is 111 Å². The van der Waals surface area contributed by atoms with Crippen LogP contribution in [0.3, 0.4) is 0 Å². The van der Waals surface area contributed by atoms with E-state index in [2.05, 4.69) is 0 Å². The standard InChI is InChI=1S/C11H17Cl3O2/c12-8-5-6-9(13)11(14)7(8)3-1-2-4-10(15)16/h7-9,11H,1-6H2,(H,15,16). The summed E-state index contributed by atoms with van der Waals surface area (Å²) in [6.45, 7) is 0. The zero-order valence-electron chi connectivity index (χ0n) is 9.04. The van der Waals surface area contributed by atoms with Gasteiger partial charge in [0.15, 0.2) is 0 Å². The molecule has 0 aliphatic heterocycles. The molecule has 2 nitrogen and oxygen atoms in total. The van der Waals surface area contributed by atoms with Crippen molar-refractivity contribution in [2.45, 2.75) is 54.7 Å². The second kappa shape index (κ2) is 6.93. The van der Waals surface area contributed by atoms with Crippen LogP contribution in [-0.4, -0.2) is 27.2 Å². The van der Waals surface area contributed by atoms with Crippen molar-refractivity contribution in [3.63, 3.8) is 0 Å². The average molecular weight is 288 g/mol. The monoisotopic (exact) mass is 286 g/mol. The minimum atomic E-state index is -0.747. The zero-order valence-corrected chi connectivity index (χ0v) is 11.3. The van der Waals surface area contributed by atoms with E-state index in [1.165, 1.54) is 0 Å². The molecule has 1 aliphatic rings. The first kappa shape index (κ1) is 14.4. The van der Waals surface area contributed by atoms with Crippen LogP contribution in [0.25, 0.3) is 0 Å². The predicted molar refractivity (Wildman–Crippen MR) is 67.8 cm³/mol. The highest BCUT2D eigenvalue weighted by Crippen LogP contribution is 2.38. The number of halogens is 3. The third-order valence-corrected chi connectivity index (χ3v) is 4.90. The third-order valence-electron chi connectivity index (χ3n) is 3.12. The Morgan fingerprint density at radius 3 is 2.38 bits per heavy atom. The van der Waals surface area contributed by atoms with E-state index < -0.39 is 5.97 Å². The van der Waals surface area contributed by atoms with Crippen LogP contribution in [-0.2, 0) is 4.79 Å². The molecule has 0 heterocycles. The highest BCUT2D eigenvalue weighted by atomic mass is 35.5. The van der Waals surface area contributed by atoms with E-state index in [0.717, 1.165) is 25.7 Å². The summed E-state index contributed by atoms with van der Waals surface area (Å²) in [6.07, 6.45) is 4.41. The molecule has 4 unspecified atom stereocenters. The van der Waals surface area contributed by atoms with Gasteiger partial charge in [-0.05, 0) is 31.6 Å². The molecular formula is C11H17Cl3O2. The van der Waals surface area contributed by atoms with Gasteiger partial charge < -0.3 is 5.11 Å². The van der Waals surface area contributed by atoms with Crippen LogP contribution in [0.5, 0.6) is 0 Å². The lowest BCUT2D eigenvalue weighted by molar-refractivity contribution is -0.137. The van der Waals surface area contributed by atoms with Gasteiger partial charge in [0.1, 0.15) is 0 Å². The van der Waals surface area contributed by atoms with Gasteiger partial charge in [-0.3, -0.25) is 4.79 Å². The maximum absolute atomic E-state index is 10.4. The molecule has 1 aliphatic carbocycles. The summed E-state index contributed by atoms with van der Waals surface area (Å²) in [5.41, 5.74) is 0. The summed E-state index contributed by atoms with van der Waals surface area (Å²) in [7, 11) is 0. The molecule has 0 radical (unpaired) electrons. The Morgan fingerprint density at radius 1 is 1.12 bits per heavy atom. The molecule has 1 N–H and O–H groups in total. The fraction of sp³-hybridized carbons (Fsp3) is 0.909. The van der Waals surface area contributed by atoms with Gasteiger partial charge in [-0.2, -0.15) is 0 Å². The molecule has 0 aromatic heterocycles. The smallest absolute Gasteiger partial charge is 0.303 e. The number of hydrogen-bond donors (Lipinski definition) is 1. The summed E-state index contributed by atoms with van der Waals surface area (Å²) in [5, 5.41) is 8.53. The van der Waals surface area contributed by atoms with E-state index in [0.29, 0.717) is 6.42 Å². The summed E-state index contributed by atoms with van der Waals surface area (Å²) < 4.78 is 0. The number of carbonyl (C=O) groups is 1. The van der Waals surface area contributed by atoms with Crippen LogP contribution < -0.4 is 0 Å². The first-order valence-corrected chi connectivity index (χ1v) is 6.97. The van der Waals surface area contributed by atoms with E-state index >= 15 is 0 Å². The van der Waals surface area contributed by atoms with Crippen molar-refractivity contribution in [1.29, 1.82) is 0 Å². The topological polar surface area (TPSA) is 37.3 Å². The van der Waals surface area contributed by atoms with Crippen molar-refractivity contribution in [3.8, 4) is 0 Å². The third kappa shape index (κ3) is 4.31. The minimum Gasteiger partial charge on any atom is -0.481 e. The summed E-state index contributed by atoms with van der Waals surface area (Å²) in [5.74, 6) is -0.530. The van der Waals surface area contributed by atoms with Crippen LogP contribution in [0.4, 0.5) is 0 Å². The lowest BCUT2D eigenvalue weighted by Crippen LogP contribution is -2.37. The molecule has 0 amide bonds. The van der Waals surface area contributed by atoms with Gasteiger partial charge in [-0.25, -0.2) is 0 Å². The second-order valence-corrected chi connectivity index (χ2v) is 5.98. The number of aliphatic carboxylic acids is 1. The minimum absolute atomic E-state index is 0.00106. The SMILES string of the molecule is O=C(O)CCCCC1C(Cl)CCC(Cl)C1Cl. The average Bonchev–Trinajstić information content (AvgIpc) is 2.22. The van der Waals surface area contributed by atoms with Crippen LogP contribution >= 0.6 is 34.8 Å². The maximum atomic E-state index is 10.4. The van der Waals surface area contributed by atoms with Gasteiger partial charge in [0.25, 0.3) is 0 Å². The molecule has 0 spiro atoms. The van der Waals surface area contributed by atoms with E-state index in [1.54, 1.807) is 0 Å². The highest BCUT2D eigenvalue weighted by molar-refractivity contribution is 6.31. The largest absolute Gasteiger partial charge is 0.481 e. The van der Waals surface area contributed by atoms with Gasteiger partial charge in [-0.15, -0.1) is 34.8 Å². The number of carboxylic acids is 1. The van der Waals surface area contributed by atoms with Crippen molar-refractivity contribution < 1.29 is 9.90 Å². The van der Waals surface area contributed by atoms with E-state index in [1.807, 2.05) is 0 Å². The molecule has 1 fully saturated rings. The Balaban J connectivity index is 2.30. The fourth-order valence-electron chi connectivity index (χ4n) is 2.16. The van der Waals surface area contributed by atoms with Crippen molar-refractivity contribution in [2.75, 3.05) is 0 Å². The van der Waals surface area contributed by atoms with Gasteiger partial charge in [0, 0.05) is 11.8 Å². The number of rotatable bonds is 5. The summed E-state index contributed by atoms with van der Waals surface area (Å²) >= 11 is 18.6. The van der Waals surface area contributed by atoms with Gasteiger partial charge in [0.05, 0.1) is 10.8 Å². The number of carboxylic acid groups (broad SMARTS) is 1. The van der Waals surface area contributed by atoms with Crippen molar-refractivity contribution >= 4 is 40.8 Å². The molecule has 1 rings (SSSR count). The molecule has 0 bridgehead atoms. The van der Waals surface area contributed by atoms with E-state index in [4.69, 9.17) is 39.9 Å². The van der Waals surface area contributed by atoms with Gasteiger partial charge in [-0.1, -0.05) is 6.42 Å². The van der Waals surface area contributed by atoms with Crippen molar-refractivity contribution in [3.05, 3.63) is 0 Å². The van der Waals surface area contributed by atoms with Crippen LogP contribution in [0.1, 0.15) is 38.5 Å². The molecule has 4 atom stereocenters. The second-order valence-electron chi connectivity index (χ2n) is 4.36. The fourth-order valence-corrected chi connectivity index (χ4v) is 3.38. The Hall–Kier alpha value is 0.340. The Kier molecular flexibility index (Phi) is 6.23. The molecular weight excluding hydrogens is 270 g/mol. The lowest BCUT2D eigenvalue weighted by Gasteiger charge is -2.34. The molecule has 1 saturated carbocycles. The molecule has 0 aromatic rings. The Bertz CT molecular complexity index is 235. The lowest BCUT2D eigenvalue weighted by atomic mass is 9.84. The number of alkyl halides is 3. The van der Waals surface area contributed by atoms with Crippen LogP contribution in [0, 0.1) is 5.92 Å². The predicted octanol–water partition coefficient (Wildman–Crippen LogP) is 3.86. The quantitative estimate of drug-likeness (QED) is 0.616. The van der Waals surface area contributed by atoms with Crippen molar-refractivity contribution in [1.82, 2.24) is 0 Å². The van der Waals surface area contributed by atoms with Gasteiger partial charge in [0.2, 0.25) is 0 Å². The highest BCUT2D eigenvalue weighted by Gasteiger charge is 2.35. The number of unbranched alkanes of at least 4 members (excludes halogenated alkanes) is 1. The maximum Gasteiger partial charge on any atom is 0.303 e. The van der Waals surface area contributed by atoms with E-state index in [-0.39, 0.29) is 28.5 Å². The molecule has 16 heavy (non-hydrogen) atoms. The summed E-state index contributed by atoms with van der Waals surface area (Å²) in [6, 6.07) is 0. The number of hydrogen-bond acceptors (Lipinski definition) is 1. The van der Waals surface area contributed by atoms with Crippen LogP contribution in [0.15, 0.2) is 0 Å². The van der Waals surface area contributed by atoms with Gasteiger partial charge >= 0.3 is 5.97 Å². The van der Waals surface area contributed by atoms with Crippen molar-refractivity contribution in [2.24, 2.45) is 5.92 Å². The molecule has 5 heteroatoms. The Morgan fingerprint density at radius 2 is 1.75 bits per heavy atom. The van der Waals surface area contributed by atoms with Crippen LogP contribution in [0.2, 0.25) is 0 Å². The van der Waals surface area contributed by atoms with E-state index in [9.17, 15) is 4.79 Å². The zero-order chi connectivity index (χ0) is 12.1. The molecule has 0 aromatic carbocycles. The first-order chi connectivity index (χ1) is 7.52. The molecule has 94 valence electrons.